The van der Waals surface area contributed by atoms with Crippen molar-refractivity contribution in [2.75, 3.05) is 7.11 Å². The van der Waals surface area contributed by atoms with Crippen molar-refractivity contribution in [3.05, 3.63) is 67.7 Å². The Morgan fingerprint density at radius 1 is 1.19 bits per heavy atom. The first-order chi connectivity index (χ1) is 12.6. The molecule has 0 aliphatic carbocycles. The van der Waals surface area contributed by atoms with E-state index in [-0.39, 0.29) is 0 Å². The summed E-state index contributed by atoms with van der Waals surface area (Å²) in [4.78, 5) is 0. The molecule has 26 heavy (non-hydrogen) atoms. The van der Waals surface area contributed by atoms with Gasteiger partial charge in [0.05, 0.1) is 16.9 Å². The number of halogens is 3. The first-order valence-corrected chi connectivity index (χ1v) is 9.23. The Labute approximate surface area is 173 Å². The fourth-order valence-corrected chi connectivity index (χ4v) is 3.38. The van der Waals surface area contributed by atoms with Crippen LogP contribution < -0.4 is 9.47 Å². The van der Waals surface area contributed by atoms with Gasteiger partial charge in [-0.1, -0.05) is 29.3 Å². The third-order valence-corrected chi connectivity index (χ3v) is 4.77. The number of ether oxygens (including phenoxy) is 2. The van der Waals surface area contributed by atoms with E-state index >= 15 is 0 Å². The minimum Gasteiger partial charge on any atom is -0.493 e. The Hall–Kier alpha value is -1.84. The number of hydrogen-bond acceptors (Lipinski definition) is 5. The van der Waals surface area contributed by atoms with Gasteiger partial charge in [-0.3, -0.25) is 0 Å². The molecule has 0 spiro atoms. The predicted molar refractivity (Wildman–Crippen MR) is 110 cm³/mol. The van der Waals surface area contributed by atoms with Crippen molar-refractivity contribution in [1.29, 1.82) is 0 Å². The second-order valence-corrected chi connectivity index (χ2v) is 7.15. The van der Waals surface area contributed by atoms with Gasteiger partial charge < -0.3 is 9.47 Å². The van der Waals surface area contributed by atoms with E-state index < -0.39 is 0 Å². The highest BCUT2D eigenvalue weighted by molar-refractivity contribution is 14.1. The van der Waals surface area contributed by atoms with Crippen LogP contribution in [0.3, 0.4) is 0 Å². The number of rotatable bonds is 6. The largest absolute Gasteiger partial charge is 0.493 e. The van der Waals surface area contributed by atoms with Gasteiger partial charge in [-0.15, -0.1) is 10.2 Å². The molecule has 0 aliphatic rings. The van der Waals surface area contributed by atoms with Gasteiger partial charge in [-0.25, -0.2) is 4.68 Å². The van der Waals surface area contributed by atoms with Gasteiger partial charge in [0, 0.05) is 15.6 Å². The summed E-state index contributed by atoms with van der Waals surface area (Å²) in [5.41, 5.74) is 1.70. The van der Waals surface area contributed by atoms with E-state index in [1.807, 2.05) is 18.2 Å². The van der Waals surface area contributed by atoms with Crippen LogP contribution in [0, 0.1) is 3.57 Å². The molecule has 3 aromatic rings. The molecule has 0 bridgehead atoms. The molecule has 1 aromatic heterocycles. The summed E-state index contributed by atoms with van der Waals surface area (Å²) in [6.07, 6.45) is 4.70. The maximum atomic E-state index is 6.20. The quantitative estimate of drug-likeness (QED) is 0.363. The lowest BCUT2D eigenvalue weighted by atomic mass is 10.2. The van der Waals surface area contributed by atoms with Crippen molar-refractivity contribution < 1.29 is 9.47 Å². The van der Waals surface area contributed by atoms with Crippen LogP contribution in [0.4, 0.5) is 0 Å². The number of aromatic nitrogens is 3. The first kappa shape index (κ1) is 18.9. The fraction of sp³-hybridized carbons (Fsp3) is 0.118. The minimum atomic E-state index is 0.302. The van der Waals surface area contributed by atoms with Gasteiger partial charge in [0.15, 0.2) is 11.5 Å². The normalized spacial score (nSPS) is 11.1. The zero-order valence-electron chi connectivity index (χ0n) is 13.6. The second kappa shape index (κ2) is 8.70. The number of hydrogen-bond donors (Lipinski definition) is 0. The molecule has 0 atom stereocenters. The molecule has 0 aliphatic heterocycles. The summed E-state index contributed by atoms with van der Waals surface area (Å²) >= 11 is 14.3. The highest BCUT2D eigenvalue weighted by Gasteiger charge is 2.12. The maximum absolute atomic E-state index is 6.20. The van der Waals surface area contributed by atoms with E-state index in [9.17, 15) is 0 Å². The molecular formula is C17H13Cl2IN4O2. The molecule has 0 saturated heterocycles. The molecule has 0 saturated carbocycles. The van der Waals surface area contributed by atoms with E-state index in [4.69, 9.17) is 32.7 Å². The van der Waals surface area contributed by atoms with Crippen molar-refractivity contribution in [2.24, 2.45) is 5.10 Å². The molecule has 9 heteroatoms. The molecule has 0 N–H and O–H groups in total. The highest BCUT2D eigenvalue weighted by Crippen LogP contribution is 2.34. The van der Waals surface area contributed by atoms with E-state index in [2.05, 4.69) is 37.9 Å². The van der Waals surface area contributed by atoms with Gasteiger partial charge in [-0.05, 0) is 52.4 Å². The number of nitrogens with zero attached hydrogens (tertiary/aromatic N) is 4. The molecule has 134 valence electrons. The summed E-state index contributed by atoms with van der Waals surface area (Å²) in [5, 5.41) is 12.8. The summed E-state index contributed by atoms with van der Waals surface area (Å²) in [6.45, 7) is 0.302. The third-order valence-electron chi connectivity index (χ3n) is 3.39. The van der Waals surface area contributed by atoms with Crippen LogP contribution in [0.5, 0.6) is 11.5 Å². The van der Waals surface area contributed by atoms with Crippen molar-refractivity contribution in [3.8, 4) is 11.5 Å². The second-order valence-electron chi connectivity index (χ2n) is 5.14. The molecule has 0 amide bonds. The van der Waals surface area contributed by atoms with Crippen molar-refractivity contribution in [2.45, 2.75) is 6.61 Å². The van der Waals surface area contributed by atoms with Crippen LogP contribution >= 0.6 is 45.8 Å². The van der Waals surface area contributed by atoms with Crippen molar-refractivity contribution in [3.63, 3.8) is 0 Å². The van der Waals surface area contributed by atoms with Crippen LogP contribution in [0.25, 0.3) is 0 Å². The average Bonchev–Trinajstić information content (AvgIpc) is 3.13. The Morgan fingerprint density at radius 2 is 1.96 bits per heavy atom. The molecule has 1 heterocycles. The lowest BCUT2D eigenvalue weighted by molar-refractivity contribution is 0.282. The molecule has 3 rings (SSSR count). The van der Waals surface area contributed by atoms with Crippen molar-refractivity contribution in [1.82, 2.24) is 14.9 Å². The molecule has 0 fully saturated rings. The molecular weight excluding hydrogens is 490 g/mol. The molecule has 2 aromatic carbocycles. The van der Waals surface area contributed by atoms with Gasteiger partial charge in [0.1, 0.15) is 19.3 Å². The Balaban J connectivity index is 1.80. The fourth-order valence-electron chi connectivity index (χ4n) is 2.13. The maximum Gasteiger partial charge on any atom is 0.174 e. The Morgan fingerprint density at radius 3 is 2.65 bits per heavy atom. The topological polar surface area (TPSA) is 61.5 Å². The lowest BCUT2D eigenvalue weighted by Gasteiger charge is -2.14. The summed E-state index contributed by atoms with van der Waals surface area (Å²) in [5.74, 6) is 1.24. The minimum absolute atomic E-state index is 0.302. The number of methoxy groups -OCH3 is 1. The van der Waals surface area contributed by atoms with Gasteiger partial charge in [0.25, 0.3) is 0 Å². The van der Waals surface area contributed by atoms with Crippen LogP contribution in [-0.4, -0.2) is 28.2 Å². The summed E-state index contributed by atoms with van der Waals surface area (Å²) in [7, 11) is 1.59. The summed E-state index contributed by atoms with van der Waals surface area (Å²) in [6, 6.07) is 9.09. The Kier molecular flexibility index (Phi) is 6.33. The predicted octanol–water partition coefficient (Wildman–Crippen LogP) is 4.66. The SMILES string of the molecule is COc1cc(/C=N/n2cnnc2)cc(I)c1OCc1ccc(Cl)cc1Cl. The van der Waals surface area contributed by atoms with Crippen LogP contribution in [0.1, 0.15) is 11.1 Å². The number of benzene rings is 2. The van der Waals surface area contributed by atoms with E-state index in [0.717, 1.165) is 14.7 Å². The average molecular weight is 503 g/mol. The molecule has 0 unspecified atom stereocenters. The monoisotopic (exact) mass is 502 g/mol. The lowest BCUT2D eigenvalue weighted by Crippen LogP contribution is -2.01. The van der Waals surface area contributed by atoms with E-state index in [1.165, 1.54) is 17.3 Å². The Bertz CT molecular complexity index is 933. The standard InChI is InChI=1S/C17H13Cl2IN4O2/c1-25-16-5-11(7-23-24-9-21-22-10-24)4-15(20)17(16)26-8-12-2-3-13(18)6-14(12)19/h2-7,9-10H,8H2,1H3/b23-7+. The summed E-state index contributed by atoms with van der Waals surface area (Å²) < 4.78 is 13.8. The van der Waals surface area contributed by atoms with Crippen molar-refractivity contribution >= 4 is 52.0 Å². The van der Waals surface area contributed by atoms with Gasteiger partial charge in [-0.2, -0.15) is 5.10 Å². The van der Waals surface area contributed by atoms with Crippen LogP contribution in [-0.2, 0) is 6.61 Å². The highest BCUT2D eigenvalue weighted by atomic mass is 127. The van der Waals surface area contributed by atoms with E-state index in [1.54, 1.807) is 25.5 Å². The zero-order chi connectivity index (χ0) is 18.5. The van der Waals surface area contributed by atoms with E-state index in [0.29, 0.717) is 28.2 Å². The third kappa shape index (κ3) is 4.66. The zero-order valence-corrected chi connectivity index (χ0v) is 17.2. The van der Waals surface area contributed by atoms with Crippen LogP contribution in [0.2, 0.25) is 10.0 Å². The smallest absolute Gasteiger partial charge is 0.174 e. The first-order valence-electron chi connectivity index (χ1n) is 7.40. The van der Waals surface area contributed by atoms with Gasteiger partial charge in [0.2, 0.25) is 0 Å². The molecule has 0 radical (unpaired) electrons. The van der Waals surface area contributed by atoms with Gasteiger partial charge >= 0.3 is 0 Å². The van der Waals surface area contributed by atoms with Crippen LogP contribution in [0.15, 0.2) is 48.1 Å². The molecule has 6 nitrogen and oxygen atoms in total.